The largest absolute Gasteiger partial charge is 0.467 e. The SMILES string of the molecule is COc1nc(N2CC3CCC(C2)N3C(=O)OC(C)(C)C)c2cc(Cl)c(-c3ccc(F)c4sc(NC(=O)OC(C)(C)C)c(C#N)c34)c(F)c2n1.Cc1ncsc1-c1ccc(C(CO)NC(=O)C2CCCN2C(=O)[C@@H](NC(=O)CCOCCCN2CCCC2)C(C)(C)C)cc1. The van der Waals surface area contributed by atoms with Crippen molar-refractivity contribution in [2.45, 2.75) is 162 Å². The Morgan fingerprint density at radius 1 is 0.882 bits per heavy atom. The Kier molecular flexibility index (Phi) is 22.2. The standard InChI is InChI=1S/C34H35ClF2N6O5S.C33H49N5O5S/c1-33(2,3)47-31(44)41-29-20(13-38)23-18(10-11-22(36)27(23)49-29)24-21(35)12-19-26(25(24)37)39-30(46-7)40-28(19)42-14-16-8-9-17(15-42)43(16)32(45)48-34(4,5)6;1-23-29(44-22-34-23)25-12-10-24(11-13-25)26(21-39)35-31(41)27-9-7-18-38(27)32(42)30(33(2,3)4)36-28(40)14-20-43-19-8-17-37-15-5-6-16-37/h10-12,16-17H,8-9,14-15H2,1-7H3,(H,41,44);10-13,22,26-27,30,39H,5-9,14-21H2,1-4H3,(H,35,41)(H,36,40)/t;26?,27?,30-/m.1/s1. The molecule has 5 atom stereocenters. The number of aliphatic hydroxyl groups excluding tert-OH is 1. The smallest absolute Gasteiger partial charge is 0.412 e. The molecule has 10 rings (SSSR count). The normalized spacial score (nSPS) is 18.2. The number of thiazole rings is 1. The molecule has 2 bridgehead atoms. The molecule has 4 fully saturated rings. The van der Waals surface area contributed by atoms with Gasteiger partial charge >= 0.3 is 18.2 Å². The topological polar surface area (TPSA) is 254 Å². The molecule has 5 amide bonds. The molecule has 21 nitrogen and oxygen atoms in total. The second-order valence-electron chi connectivity index (χ2n) is 27.0. The van der Waals surface area contributed by atoms with E-state index in [0.717, 1.165) is 78.0 Å². The minimum atomic E-state index is -0.830. The van der Waals surface area contributed by atoms with Crippen molar-refractivity contribution >= 4 is 96.0 Å². The Hall–Kier alpha value is -7.34. The number of aryl methyl sites for hydroxylation is 1. The van der Waals surface area contributed by atoms with Gasteiger partial charge in [0, 0.05) is 55.5 Å². The van der Waals surface area contributed by atoms with Crippen molar-refractivity contribution in [2.24, 2.45) is 5.41 Å². The summed E-state index contributed by atoms with van der Waals surface area (Å²) in [5, 5.41) is 29.1. The number of benzene rings is 3. The van der Waals surface area contributed by atoms with Gasteiger partial charge in [0.2, 0.25) is 17.7 Å². The van der Waals surface area contributed by atoms with Gasteiger partial charge < -0.3 is 49.4 Å². The van der Waals surface area contributed by atoms with Crippen LogP contribution in [0.2, 0.25) is 5.02 Å². The number of thiophene rings is 1. The maximum atomic E-state index is 16.9. The molecular formula is C67H84ClF2N11O10S2. The molecule has 3 aromatic heterocycles. The van der Waals surface area contributed by atoms with Crippen molar-refractivity contribution in [2.75, 3.05) is 76.4 Å². The Morgan fingerprint density at radius 2 is 1.57 bits per heavy atom. The average Bonchev–Trinajstić information content (AvgIpc) is 1.73. The molecule has 7 heterocycles. The lowest BCUT2D eigenvalue weighted by molar-refractivity contribution is -0.144. The predicted octanol–water partition coefficient (Wildman–Crippen LogP) is 11.9. The monoisotopic (exact) mass is 1340 g/mol. The average molecular weight is 1340 g/mol. The molecular weight excluding hydrogens is 1260 g/mol. The van der Waals surface area contributed by atoms with Crippen LogP contribution < -0.4 is 25.6 Å². The lowest BCUT2D eigenvalue weighted by Gasteiger charge is -2.42. The molecule has 500 valence electrons. The molecule has 0 spiro atoms. The van der Waals surface area contributed by atoms with E-state index < -0.39 is 52.5 Å². The fourth-order valence-electron chi connectivity index (χ4n) is 12.4. The van der Waals surface area contributed by atoms with Crippen LogP contribution in [0.25, 0.3) is 42.6 Å². The molecule has 4 aliphatic rings. The van der Waals surface area contributed by atoms with Crippen molar-refractivity contribution in [1.29, 1.82) is 5.26 Å². The number of ether oxygens (including phenoxy) is 4. The number of halogens is 3. The summed E-state index contributed by atoms with van der Waals surface area (Å²) < 4.78 is 54.2. The number of nitrogens with one attached hydrogen (secondary N) is 3. The minimum absolute atomic E-state index is 0.0231. The number of amides is 5. The maximum absolute atomic E-state index is 16.9. The van der Waals surface area contributed by atoms with Gasteiger partial charge in [-0.3, -0.25) is 24.6 Å². The number of likely N-dealkylation sites (tertiary alicyclic amines) is 2. The molecule has 0 aliphatic carbocycles. The van der Waals surface area contributed by atoms with Gasteiger partial charge in [0.1, 0.15) is 51.5 Å². The van der Waals surface area contributed by atoms with Gasteiger partial charge in [0.05, 0.1) is 69.8 Å². The zero-order chi connectivity index (χ0) is 67.3. The predicted molar refractivity (Wildman–Crippen MR) is 356 cm³/mol. The highest BCUT2D eigenvalue weighted by atomic mass is 35.5. The van der Waals surface area contributed by atoms with Crippen molar-refractivity contribution < 1.29 is 56.8 Å². The van der Waals surface area contributed by atoms with Crippen molar-refractivity contribution in [3.05, 3.63) is 81.5 Å². The van der Waals surface area contributed by atoms with E-state index >= 15 is 8.78 Å². The third-order valence-corrected chi connectivity index (χ3v) is 19.1. The summed E-state index contributed by atoms with van der Waals surface area (Å²) in [5.74, 6) is -1.92. The highest BCUT2D eigenvalue weighted by Crippen LogP contribution is 2.47. The lowest BCUT2D eigenvalue weighted by Crippen LogP contribution is -2.58. The van der Waals surface area contributed by atoms with E-state index in [1.807, 2.05) is 89.2 Å². The number of anilines is 2. The van der Waals surface area contributed by atoms with Gasteiger partial charge in [-0.1, -0.05) is 62.7 Å². The van der Waals surface area contributed by atoms with Crippen LogP contribution in [0.1, 0.15) is 137 Å². The second-order valence-corrected chi connectivity index (χ2v) is 29.2. The number of aliphatic hydroxyl groups is 1. The van der Waals surface area contributed by atoms with E-state index in [1.54, 1.807) is 48.0 Å². The van der Waals surface area contributed by atoms with E-state index in [1.165, 1.54) is 26.0 Å². The first kappa shape index (κ1) is 70.0. The number of piperazine rings is 1. The van der Waals surface area contributed by atoms with E-state index in [0.29, 0.717) is 56.9 Å². The van der Waals surface area contributed by atoms with Crippen LogP contribution in [-0.4, -0.2) is 166 Å². The highest BCUT2D eigenvalue weighted by Gasteiger charge is 2.46. The number of hydrogen-bond donors (Lipinski definition) is 4. The summed E-state index contributed by atoms with van der Waals surface area (Å²) in [5.41, 5.74) is 2.42. The molecule has 26 heteroatoms. The van der Waals surface area contributed by atoms with Crippen LogP contribution in [0.3, 0.4) is 0 Å². The van der Waals surface area contributed by atoms with Crippen LogP contribution in [0, 0.1) is 35.3 Å². The number of methoxy groups -OCH3 is 1. The van der Waals surface area contributed by atoms with Crippen molar-refractivity contribution in [3.8, 4) is 33.6 Å². The first-order chi connectivity index (χ1) is 44.1. The molecule has 3 aromatic carbocycles. The van der Waals surface area contributed by atoms with Crippen LogP contribution in [0.15, 0.2) is 48.0 Å². The van der Waals surface area contributed by atoms with Crippen LogP contribution in [0.4, 0.5) is 29.2 Å². The summed E-state index contributed by atoms with van der Waals surface area (Å²) in [4.78, 5) is 87.9. The number of hydrogen-bond acceptors (Lipinski definition) is 18. The quantitative estimate of drug-likeness (QED) is 0.0584. The zero-order valence-electron chi connectivity index (χ0n) is 54.7. The zero-order valence-corrected chi connectivity index (χ0v) is 57.1. The molecule has 4 unspecified atom stereocenters. The Bertz CT molecular complexity index is 3750. The van der Waals surface area contributed by atoms with E-state index in [-0.39, 0.29) is 97.3 Å². The molecule has 4 aliphatic heterocycles. The molecule has 4 saturated heterocycles. The van der Waals surface area contributed by atoms with Crippen LogP contribution in [-0.2, 0) is 28.6 Å². The molecule has 93 heavy (non-hydrogen) atoms. The van der Waals surface area contributed by atoms with Gasteiger partial charge in [0.25, 0.3) is 0 Å². The number of carbonyl (C=O) groups is 5. The van der Waals surface area contributed by atoms with Crippen LogP contribution in [0.5, 0.6) is 6.01 Å². The summed E-state index contributed by atoms with van der Waals surface area (Å²) in [6.45, 7) is 23.5. The number of fused-ring (bicyclic) bond motifs is 4. The van der Waals surface area contributed by atoms with Gasteiger partial charge in [-0.2, -0.15) is 15.2 Å². The third-order valence-electron chi connectivity index (χ3n) is 16.7. The van der Waals surface area contributed by atoms with E-state index in [4.69, 9.17) is 30.5 Å². The number of carbonyl (C=O) groups excluding carboxylic acids is 5. The molecule has 4 N–H and O–H groups in total. The minimum Gasteiger partial charge on any atom is -0.467 e. The van der Waals surface area contributed by atoms with Gasteiger partial charge in [0.15, 0.2) is 5.82 Å². The highest BCUT2D eigenvalue weighted by molar-refractivity contribution is 7.23. The van der Waals surface area contributed by atoms with Gasteiger partial charge in [-0.15, -0.1) is 22.7 Å². The molecule has 6 aromatic rings. The third kappa shape index (κ3) is 16.6. The number of aromatic nitrogens is 3. The Balaban J connectivity index is 0.000000221. The summed E-state index contributed by atoms with van der Waals surface area (Å²) >= 11 is 9.24. The first-order valence-corrected chi connectivity index (χ1v) is 33.6. The molecule has 0 saturated carbocycles. The fourth-order valence-corrected chi connectivity index (χ4v) is 14.5. The Morgan fingerprint density at radius 3 is 2.18 bits per heavy atom. The summed E-state index contributed by atoms with van der Waals surface area (Å²) in [6, 6.07) is 11.3. The lowest BCUT2D eigenvalue weighted by atomic mass is 9.85. The van der Waals surface area contributed by atoms with Crippen molar-refractivity contribution in [3.63, 3.8) is 0 Å². The fraction of sp³-hybridized carbons (Fsp3) is 0.537. The maximum Gasteiger partial charge on any atom is 0.412 e. The first-order valence-electron chi connectivity index (χ1n) is 31.5. The molecule has 0 radical (unpaired) electrons. The summed E-state index contributed by atoms with van der Waals surface area (Å²) in [6.07, 6.45) is 5.20. The van der Waals surface area contributed by atoms with E-state index in [2.05, 4.69) is 35.8 Å². The second kappa shape index (κ2) is 29.5. The van der Waals surface area contributed by atoms with E-state index in [9.17, 15) is 34.3 Å². The Labute approximate surface area is 554 Å². The summed E-state index contributed by atoms with van der Waals surface area (Å²) in [7, 11) is 1.37. The number of nitriles is 1. The van der Waals surface area contributed by atoms with Crippen molar-refractivity contribution in [1.82, 2.24) is 40.3 Å². The van der Waals surface area contributed by atoms with Crippen LogP contribution >= 0.6 is 34.3 Å². The van der Waals surface area contributed by atoms with Gasteiger partial charge in [-0.25, -0.2) is 23.4 Å². The number of rotatable bonds is 18. The number of nitrogens with zero attached hydrogens (tertiary/aromatic N) is 8. The van der Waals surface area contributed by atoms with Gasteiger partial charge in [-0.05, 0) is 141 Å².